The minimum absolute atomic E-state index is 0.287. The summed E-state index contributed by atoms with van der Waals surface area (Å²) in [6.45, 7) is 3.82. The van der Waals surface area contributed by atoms with Crippen LogP contribution in [0.4, 0.5) is 29.3 Å². The van der Waals surface area contributed by atoms with E-state index < -0.39 is 17.8 Å². The molecule has 0 spiro atoms. The first-order valence-corrected chi connectivity index (χ1v) is 6.57. The van der Waals surface area contributed by atoms with E-state index in [0.717, 1.165) is 23.3 Å². The number of halogens is 3. The number of alkyl halides is 3. The molecule has 116 valence electrons. The Bertz CT molecular complexity index is 659. The van der Waals surface area contributed by atoms with Crippen molar-refractivity contribution >= 4 is 17.4 Å². The zero-order valence-electron chi connectivity index (χ0n) is 12.1. The molecule has 0 bridgehead atoms. The molecule has 0 aliphatic carbocycles. The fraction of sp³-hybridized carbons (Fsp3) is 0.188. The van der Waals surface area contributed by atoms with E-state index in [-0.39, 0.29) is 5.69 Å². The van der Waals surface area contributed by atoms with E-state index in [4.69, 9.17) is 0 Å². The van der Waals surface area contributed by atoms with Crippen molar-refractivity contribution in [3.8, 4) is 0 Å². The smallest absolute Gasteiger partial charge is 0.308 e. The van der Waals surface area contributed by atoms with Gasteiger partial charge in [0.05, 0.1) is 5.56 Å². The van der Waals surface area contributed by atoms with Crippen molar-refractivity contribution < 1.29 is 18.0 Å². The Balaban J connectivity index is 2.03. The Morgan fingerprint density at radius 3 is 1.86 bits per heavy atom. The summed E-state index contributed by atoms with van der Waals surface area (Å²) in [5.74, 6) is 0. The number of anilines is 2. The summed E-state index contributed by atoms with van der Waals surface area (Å²) in [5.41, 5.74) is 2.17. The maximum absolute atomic E-state index is 12.4. The standard InChI is InChI=1S/C16H15F3N2O/c1-10-7-11(2)9-14(8-10)21-15(22)20-13-5-3-12(4-6-13)16(17,18)19/h3-9H,1-2H3,(H2,20,21,22). The maximum Gasteiger partial charge on any atom is 0.416 e. The third kappa shape index (κ3) is 4.25. The van der Waals surface area contributed by atoms with E-state index in [1.54, 1.807) is 12.1 Å². The van der Waals surface area contributed by atoms with Crippen molar-refractivity contribution in [3.63, 3.8) is 0 Å². The molecule has 0 aromatic heterocycles. The molecule has 0 saturated heterocycles. The first kappa shape index (κ1) is 15.9. The summed E-state index contributed by atoms with van der Waals surface area (Å²) in [5, 5.41) is 5.14. The molecular formula is C16H15F3N2O. The number of carbonyl (C=O) groups excluding carboxylic acids is 1. The number of nitrogens with one attached hydrogen (secondary N) is 2. The zero-order valence-corrected chi connectivity index (χ0v) is 12.1. The van der Waals surface area contributed by atoms with Crippen LogP contribution in [0.3, 0.4) is 0 Å². The molecule has 0 aliphatic heterocycles. The van der Waals surface area contributed by atoms with Crippen molar-refractivity contribution in [2.75, 3.05) is 10.6 Å². The summed E-state index contributed by atoms with van der Waals surface area (Å²) in [6, 6.07) is 9.34. The lowest BCUT2D eigenvalue weighted by atomic mass is 10.1. The van der Waals surface area contributed by atoms with Gasteiger partial charge in [0.25, 0.3) is 0 Å². The predicted octanol–water partition coefficient (Wildman–Crippen LogP) is 4.97. The van der Waals surface area contributed by atoms with Crippen molar-refractivity contribution in [2.24, 2.45) is 0 Å². The van der Waals surface area contributed by atoms with Crippen LogP contribution in [-0.4, -0.2) is 6.03 Å². The van der Waals surface area contributed by atoms with Crippen LogP contribution in [0.15, 0.2) is 42.5 Å². The maximum atomic E-state index is 12.4. The lowest BCUT2D eigenvalue weighted by molar-refractivity contribution is -0.137. The van der Waals surface area contributed by atoms with Crippen LogP contribution < -0.4 is 10.6 Å². The van der Waals surface area contributed by atoms with Crippen LogP contribution in [0, 0.1) is 13.8 Å². The van der Waals surface area contributed by atoms with Crippen LogP contribution in [-0.2, 0) is 6.18 Å². The third-order valence-corrected chi connectivity index (χ3v) is 2.95. The minimum atomic E-state index is -4.39. The molecular weight excluding hydrogens is 293 g/mol. The monoisotopic (exact) mass is 308 g/mol. The van der Waals surface area contributed by atoms with Gasteiger partial charge < -0.3 is 10.6 Å². The fourth-order valence-corrected chi connectivity index (χ4v) is 2.08. The van der Waals surface area contributed by atoms with E-state index in [9.17, 15) is 18.0 Å². The van der Waals surface area contributed by atoms with E-state index in [1.165, 1.54) is 12.1 Å². The Labute approximate surface area is 126 Å². The molecule has 2 aromatic carbocycles. The average molecular weight is 308 g/mol. The lowest BCUT2D eigenvalue weighted by Crippen LogP contribution is -2.19. The van der Waals surface area contributed by atoms with Gasteiger partial charge in [0.15, 0.2) is 0 Å². The molecule has 0 fully saturated rings. The normalized spacial score (nSPS) is 11.1. The highest BCUT2D eigenvalue weighted by molar-refractivity contribution is 5.99. The summed E-state index contributed by atoms with van der Waals surface area (Å²) in [6.07, 6.45) is -4.39. The Morgan fingerprint density at radius 1 is 0.864 bits per heavy atom. The van der Waals surface area contributed by atoms with Crippen molar-refractivity contribution in [3.05, 3.63) is 59.2 Å². The summed E-state index contributed by atoms with van der Waals surface area (Å²) >= 11 is 0. The van der Waals surface area contributed by atoms with E-state index in [1.807, 2.05) is 19.9 Å². The van der Waals surface area contributed by atoms with Gasteiger partial charge in [0.1, 0.15) is 0 Å². The van der Waals surface area contributed by atoms with Gasteiger partial charge in [0, 0.05) is 11.4 Å². The van der Waals surface area contributed by atoms with Crippen molar-refractivity contribution in [1.29, 1.82) is 0 Å². The fourth-order valence-electron chi connectivity index (χ4n) is 2.08. The van der Waals surface area contributed by atoms with Gasteiger partial charge in [-0.05, 0) is 61.4 Å². The SMILES string of the molecule is Cc1cc(C)cc(NC(=O)Nc2ccc(C(F)(F)F)cc2)c1. The molecule has 0 radical (unpaired) electrons. The largest absolute Gasteiger partial charge is 0.416 e. The van der Waals surface area contributed by atoms with Gasteiger partial charge in [-0.2, -0.15) is 13.2 Å². The van der Waals surface area contributed by atoms with E-state index in [0.29, 0.717) is 5.69 Å². The quantitative estimate of drug-likeness (QED) is 0.808. The number of benzene rings is 2. The molecule has 22 heavy (non-hydrogen) atoms. The summed E-state index contributed by atoms with van der Waals surface area (Å²) in [4.78, 5) is 11.8. The third-order valence-electron chi connectivity index (χ3n) is 2.95. The van der Waals surface area contributed by atoms with Gasteiger partial charge in [-0.1, -0.05) is 6.07 Å². The Hall–Kier alpha value is -2.50. The molecule has 2 N–H and O–H groups in total. The van der Waals surface area contributed by atoms with Crippen molar-refractivity contribution in [2.45, 2.75) is 20.0 Å². The molecule has 2 rings (SSSR count). The van der Waals surface area contributed by atoms with E-state index in [2.05, 4.69) is 10.6 Å². The van der Waals surface area contributed by atoms with Gasteiger partial charge in [-0.15, -0.1) is 0 Å². The summed E-state index contributed by atoms with van der Waals surface area (Å²) < 4.78 is 37.3. The van der Waals surface area contributed by atoms with Crippen LogP contribution in [0.2, 0.25) is 0 Å². The lowest BCUT2D eigenvalue weighted by Gasteiger charge is -2.10. The van der Waals surface area contributed by atoms with Crippen LogP contribution in [0.1, 0.15) is 16.7 Å². The highest BCUT2D eigenvalue weighted by Crippen LogP contribution is 2.29. The Morgan fingerprint density at radius 2 is 1.36 bits per heavy atom. The second-order valence-corrected chi connectivity index (χ2v) is 5.03. The topological polar surface area (TPSA) is 41.1 Å². The number of rotatable bonds is 2. The molecule has 0 saturated carbocycles. The van der Waals surface area contributed by atoms with Gasteiger partial charge in [0.2, 0.25) is 0 Å². The highest BCUT2D eigenvalue weighted by Gasteiger charge is 2.29. The van der Waals surface area contributed by atoms with E-state index >= 15 is 0 Å². The number of carbonyl (C=O) groups is 1. The second-order valence-electron chi connectivity index (χ2n) is 5.03. The summed E-state index contributed by atoms with van der Waals surface area (Å²) in [7, 11) is 0. The predicted molar refractivity (Wildman–Crippen MR) is 80.0 cm³/mol. The zero-order chi connectivity index (χ0) is 16.3. The second kappa shape index (κ2) is 6.09. The molecule has 0 aliphatic rings. The van der Waals surface area contributed by atoms with Gasteiger partial charge in [-0.25, -0.2) is 4.79 Å². The van der Waals surface area contributed by atoms with Crippen LogP contribution in [0.25, 0.3) is 0 Å². The number of hydrogen-bond donors (Lipinski definition) is 2. The van der Waals surface area contributed by atoms with Crippen LogP contribution >= 0.6 is 0 Å². The molecule has 0 atom stereocenters. The Kier molecular flexibility index (Phi) is 4.40. The molecule has 2 aromatic rings. The minimum Gasteiger partial charge on any atom is -0.308 e. The first-order valence-electron chi connectivity index (χ1n) is 6.57. The number of aryl methyl sites for hydroxylation is 2. The number of amides is 2. The van der Waals surface area contributed by atoms with Gasteiger partial charge >= 0.3 is 12.2 Å². The molecule has 6 heteroatoms. The molecule has 0 heterocycles. The molecule has 3 nitrogen and oxygen atoms in total. The highest BCUT2D eigenvalue weighted by atomic mass is 19.4. The number of urea groups is 1. The average Bonchev–Trinajstić information content (AvgIpc) is 2.36. The van der Waals surface area contributed by atoms with Crippen molar-refractivity contribution in [1.82, 2.24) is 0 Å². The first-order chi connectivity index (χ1) is 10.2. The molecule has 2 amide bonds. The molecule has 0 unspecified atom stereocenters. The van der Waals surface area contributed by atoms with Crippen LogP contribution in [0.5, 0.6) is 0 Å². The van der Waals surface area contributed by atoms with Gasteiger partial charge in [-0.3, -0.25) is 0 Å². The number of hydrogen-bond acceptors (Lipinski definition) is 1.